The minimum absolute atomic E-state index is 0.324. The summed E-state index contributed by atoms with van der Waals surface area (Å²) >= 11 is 1.82. The lowest BCUT2D eigenvalue weighted by Crippen LogP contribution is -2.30. The molecule has 2 rings (SSSR count). The van der Waals surface area contributed by atoms with E-state index in [2.05, 4.69) is 19.3 Å². The van der Waals surface area contributed by atoms with Gasteiger partial charge in [0, 0.05) is 16.7 Å². The summed E-state index contributed by atoms with van der Waals surface area (Å²) in [6.45, 7) is 4.42. The van der Waals surface area contributed by atoms with Crippen LogP contribution in [0.5, 0.6) is 0 Å². The molecule has 0 bridgehead atoms. The Bertz CT molecular complexity index is 595. The fourth-order valence-corrected chi connectivity index (χ4v) is 3.22. The summed E-state index contributed by atoms with van der Waals surface area (Å²) in [4.78, 5) is 11.8. The number of fused-ring (bicyclic) bond motifs is 1. The van der Waals surface area contributed by atoms with Gasteiger partial charge in [-0.25, -0.2) is 5.84 Å². The number of carbonyl (C=O) groups is 1. The molecule has 0 fully saturated rings. The van der Waals surface area contributed by atoms with Crippen molar-refractivity contribution in [1.82, 2.24) is 5.43 Å². The average molecular weight is 292 g/mol. The van der Waals surface area contributed by atoms with E-state index in [9.17, 15) is 4.79 Å². The summed E-state index contributed by atoms with van der Waals surface area (Å²) in [5, 5.41) is 0.989. The number of carbonyl (C=O) groups excluding carboxylic acids is 1. The monoisotopic (exact) mass is 292 g/mol. The number of hydrogen-bond acceptors (Lipinski definition) is 4. The van der Waals surface area contributed by atoms with E-state index in [1.807, 2.05) is 36.0 Å². The standard InChI is InChI=1S/C15H20N2O2S/c1-3-10(2)8-20-9-12-11-6-4-5-7-13(11)19-14(12)15(18)17-16/h4-7,10H,3,8-9,16H2,1-2H3,(H,17,18). The SMILES string of the molecule is CCC(C)CSCc1c(C(=O)NN)oc2ccccc12. The van der Waals surface area contributed by atoms with Gasteiger partial charge in [0.15, 0.2) is 5.76 Å². The van der Waals surface area contributed by atoms with Crippen LogP contribution >= 0.6 is 11.8 Å². The van der Waals surface area contributed by atoms with Gasteiger partial charge in [-0.2, -0.15) is 11.8 Å². The number of furan rings is 1. The number of amides is 1. The van der Waals surface area contributed by atoms with Crippen LogP contribution in [0.25, 0.3) is 11.0 Å². The first-order valence-electron chi connectivity index (χ1n) is 6.76. The van der Waals surface area contributed by atoms with Gasteiger partial charge in [0.1, 0.15) is 5.58 Å². The molecule has 1 aromatic heterocycles. The van der Waals surface area contributed by atoms with Gasteiger partial charge in [-0.15, -0.1) is 0 Å². The minimum Gasteiger partial charge on any atom is -0.451 e. The summed E-state index contributed by atoms with van der Waals surface area (Å²) in [5.74, 6) is 7.67. The van der Waals surface area contributed by atoms with Crippen LogP contribution in [0.4, 0.5) is 0 Å². The first kappa shape index (κ1) is 14.9. The van der Waals surface area contributed by atoms with Crippen LogP contribution in [-0.4, -0.2) is 11.7 Å². The molecule has 5 heteroatoms. The highest BCUT2D eigenvalue weighted by atomic mass is 32.2. The third-order valence-electron chi connectivity index (χ3n) is 3.38. The molecule has 1 aromatic carbocycles. The lowest BCUT2D eigenvalue weighted by molar-refractivity contribution is 0.0927. The molecule has 0 spiro atoms. The van der Waals surface area contributed by atoms with E-state index in [0.29, 0.717) is 11.7 Å². The number of hydrazine groups is 1. The summed E-state index contributed by atoms with van der Waals surface area (Å²) < 4.78 is 5.63. The van der Waals surface area contributed by atoms with Crippen molar-refractivity contribution in [1.29, 1.82) is 0 Å². The Morgan fingerprint density at radius 3 is 2.90 bits per heavy atom. The Morgan fingerprint density at radius 1 is 1.45 bits per heavy atom. The lowest BCUT2D eigenvalue weighted by atomic mass is 10.1. The molecule has 3 N–H and O–H groups in total. The zero-order valence-corrected chi connectivity index (χ0v) is 12.6. The Labute approximate surface area is 123 Å². The quantitative estimate of drug-likeness (QED) is 0.487. The van der Waals surface area contributed by atoms with Crippen LogP contribution in [0.1, 0.15) is 36.4 Å². The number of hydrogen-bond donors (Lipinski definition) is 2. The second-order valence-corrected chi connectivity index (χ2v) is 5.94. The van der Waals surface area contributed by atoms with Crippen LogP contribution in [0, 0.1) is 5.92 Å². The Kier molecular flexibility index (Phi) is 5.09. The molecule has 2 aromatic rings. The maximum Gasteiger partial charge on any atom is 0.301 e. The molecule has 0 aliphatic heterocycles. The second-order valence-electron chi connectivity index (χ2n) is 4.91. The predicted molar refractivity (Wildman–Crippen MR) is 83.5 cm³/mol. The highest BCUT2D eigenvalue weighted by Crippen LogP contribution is 2.30. The molecule has 0 radical (unpaired) electrons. The van der Waals surface area contributed by atoms with Gasteiger partial charge in [-0.1, -0.05) is 38.5 Å². The highest BCUT2D eigenvalue weighted by Gasteiger charge is 2.19. The molecule has 108 valence electrons. The molecule has 1 heterocycles. The van der Waals surface area contributed by atoms with E-state index in [1.165, 1.54) is 0 Å². The van der Waals surface area contributed by atoms with E-state index >= 15 is 0 Å². The van der Waals surface area contributed by atoms with Crippen molar-refractivity contribution in [3.8, 4) is 0 Å². The zero-order valence-electron chi connectivity index (χ0n) is 11.8. The van der Waals surface area contributed by atoms with E-state index in [1.54, 1.807) is 0 Å². The van der Waals surface area contributed by atoms with Crippen molar-refractivity contribution in [3.63, 3.8) is 0 Å². The van der Waals surface area contributed by atoms with Crippen LogP contribution in [0.2, 0.25) is 0 Å². The Balaban J connectivity index is 2.26. The minimum atomic E-state index is -0.375. The molecular formula is C15H20N2O2S. The van der Waals surface area contributed by atoms with E-state index in [-0.39, 0.29) is 5.91 Å². The van der Waals surface area contributed by atoms with Gasteiger partial charge in [0.25, 0.3) is 0 Å². The van der Waals surface area contributed by atoms with E-state index in [0.717, 1.165) is 34.5 Å². The summed E-state index contributed by atoms with van der Waals surface area (Å²) in [6, 6.07) is 7.69. The van der Waals surface area contributed by atoms with Gasteiger partial charge in [0.05, 0.1) is 0 Å². The maximum atomic E-state index is 11.8. The number of nitrogens with two attached hydrogens (primary N) is 1. The van der Waals surface area contributed by atoms with Crippen molar-refractivity contribution in [3.05, 3.63) is 35.6 Å². The number of rotatable bonds is 6. The molecule has 0 aliphatic carbocycles. The normalized spacial score (nSPS) is 12.6. The topological polar surface area (TPSA) is 68.3 Å². The highest BCUT2D eigenvalue weighted by molar-refractivity contribution is 7.98. The second kappa shape index (κ2) is 6.81. The van der Waals surface area contributed by atoms with Crippen LogP contribution in [0.3, 0.4) is 0 Å². The smallest absolute Gasteiger partial charge is 0.301 e. The fraction of sp³-hybridized carbons (Fsp3) is 0.400. The van der Waals surface area contributed by atoms with Crippen molar-refractivity contribution < 1.29 is 9.21 Å². The van der Waals surface area contributed by atoms with Crippen molar-refractivity contribution in [2.45, 2.75) is 26.0 Å². The first-order chi connectivity index (χ1) is 9.67. The molecule has 20 heavy (non-hydrogen) atoms. The van der Waals surface area contributed by atoms with Crippen LogP contribution in [0.15, 0.2) is 28.7 Å². The molecule has 1 atom stereocenters. The number of benzene rings is 1. The third kappa shape index (κ3) is 3.16. The van der Waals surface area contributed by atoms with Crippen molar-refractivity contribution in [2.75, 3.05) is 5.75 Å². The number of nitrogen functional groups attached to an aromatic ring is 1. The van der Waals surface area contributed by atoms with E-state index < -0.39 is 0 Å². The Morgan fingerprint density at radius 2 is 2.20 bits per heavy atom. The molecule has 0 saturated heterocycles. The van der Waals surface area contributed by atoms with Gasteiger partial charge >= 0.3 is 5.91 Å². The molecule has 1 unspecified atom stereocenters. The lowest BCUT2D eigenvalue weighted by Gasteiger charge is -2.07. The van der Waals surface area contributed by atoms with Crippen LogP contribution < -0.4 is 11.3 Å². The molecule has 4 nitrogen and oxygen atoms in total. The Hall–Kier alpha value is -1.46. The predicted octanol–water partition coefficient (Wildman–Crippen LogP) is 3.32. The van der Waals surface area contributed by atoms with E-state index in [4.69, 9.17) is 10.3 Å². The summed E-state index contributed by atoms with van der Waals surface area (Å²) in [7, 11) is 0. The molecule has 1 amide bonds. The molecule has 0 saturated carbocycles. The zero-order chi connectivity index (χ0) is 14.5. The van der Waals surface area contributed by atoms with Gasteiger partial charge < -0.3 is 4.42 Å². The third-order valence-corrected chi connectivity index (χ3v) is 4.68. The largest absolute Gasteiger partial charge is 0.451 e. The number of para-hydroxylation sites is 1. The summed E-state index contributed by atoms with van der Waals surface area (Å²) in [5.41, 5.74) is 3.81. The fourth-order valence-electron chi connectivity index (χ4n) is 1.97. The maximum absolute atomic E-state index is 11.8. The van der Waals surface area contributed by atoms with Crippen molar-refractivity contribution in [2.24, 2.45) is 11.8 Å². The number of nitrogens with one attached hydrogen (secondary N) is 1. The molecular weight excluding hydrogens is 272 g/mol. The van der Waals surface area contributed by atoms with Gasteiger partial charge in [0.2, 0.25) is 0 Å². The average Bonchev–Trinajstić information content (AvgIpc) is 2.85. The van der Waals surface area contributed by atoms with Crippen LogP contribution in [-0.2, 0) is 5.75 Å². The van der Waals surface area contributed by atoms with Gasteiger partial charge in [-0.3, -0.25) is 10.2 Å². The summed E-state index contributed by atoms with van der Waals surface area (Å²) in [6.07, 6.45) is 1.16. The molecule has 0 aliphatic rings. The number of thioether (sulfide) groups is 1. The van der Waals surface area contributed by atoms with Crippen molar-refractivity contribution >= 4 is 28.6 Å². The first-order valence-corrected chi connectivity index (χ1v) is 7.91. The van der Waals surface area contributed by atoms with Gasteiger partial charge in [-0.05, 0) is 17.7 Å².